The van der Waals surface area contributed by atoms with E-state index in [-0.39, 0.29) is 35.4 Å². The van der Waals surface area contributed by atoms with E-state index in [4.69, 9.17) is 19.4 Å². The first-order chi connectivity index (χ1) is 19.3. The Balaban J connectivity index is 1.41. The van der Waals surface area contributed by atoms with Crippen LogP contribution < -0.4 is 14.5 Å². The summed E-state index contributed by atoms with van der Waals surface area (Å²) < 4.78 is 26.8. The Morgan fingerprint density at radius 3 is 2.75 bits per heavy atom. The van der Waals surface area contributed by atoms with Gasteiger partial charge >= 0.3 is 6.01 Å². The molecule has 212 valence electrons. The van der Waals surface area contributed by atoms with Crippen molar-refractivity contribution in [1.82, 2.24) is 14.9 Å². The van der Waals surface area contributed by atoms with Gasteiger partial charge in [-0.25, -0.2) is 4.39 Å². The molecule has 3 aromatic rings. The van der Waals surface area contributed by atoms with E-state index in [1.54, 1.807) is 17.0 Å². The van der Waals surface area contributed by atoms with E-state index in [9.17, 15) is 14.3 Å². The number of anilines is 2. The number of halogens is 1. The van der Waals surface area contributed by atoms with Crippen molar-refractivity contribution in [3.8, 4) is 11.8 Å². The van der Waals surface area contributed by atoms with Crippen molar-refractivity contribution < 1.29 is 23.8 Å². The molecule has 0 unspecified atom stereocenters. The Hall–Kier alpha value is -3.50. The van der Waals surface area contributed by atoms with E-state index in [1.807, 2.05) is 6.92 Å². The van der Waals surface area contributed by atoms with Crippen LogP contribution in [0.4, 0.5) is 15.9 Å². The van der Waals surface area contributed by atoms with E-state index in [1.165, 1.54) is 12.1 Å². The zero-order valence-corrected chi connectivity index (χ0v) is 23.4. The molecule has 0 radical (unpaired) electrons. The number of aromatic hydroxyl groups is 1. The molecule has 9 nitrogen and oxygen atoms in total. The number of phenolic OH excluding ortho intramolecular Hbond substituents is 1. The third-order valence-electron chi connectivity index (χ3n) is 8.13. The SMILES string of the molecule is CCc1c(F)ccc2cc(O)cc(N3Cc4nc(OCC5(CN(C)C)CC5)nc(N5CCCOCC5)c4C3=O)c12. The van der Waals surface area contributed by atoms with Gasteiger partial charge in [0.1, 0.15) is 22.9 Å². The Labute approximate surface area is 233 Å². The number of aromatic nitrogens is 2. The number of amides is 1. The molecule has 3 heterocycles. The predicted octanol–water partition coefficient (Wildman–Crippen LogP) is 4.14. The highest BCUT2D eigenvalue weighted by atomic mass is 19.1. The van der Waals surface area contributed by atoms with Crippen molar-refractivity contribution in [2.45, 2.75) is 39.2 Å². The van der Waals surface area contributed by atoms with Gasteiger partial charge in [0, 0.05) is 43.1 Å². The average molecular weight is 550 g/mol. The van der Waals surface area contributed by atoms with Crippen molar-refractivity contribution >= 4 is 28.2 Å². The molecule has 1 amide bonds. The number of aryl methyl sites for hydroxylation is 1. The standard InChI is InChI=1S/C30H36FN5O4/c1-4-21-22(31)7-6-19-14-20(37)15-24(25(19)21)36-16-23-26(28(36)38)27(35-10-5-12-39-13-11-35)33-29(32-23)40-18-30(8-9-30)17-34(2)3/h6-7,14-15,37H,4-5,8-13,16-18H2,1-3H3. The first-order valence-electron chi connectivity index (χ1n) is 14.1. The van der Waals surface area contributed by atoms with Gasteiger partial charge in [0.2, 0.25) is 0 Å². The van der Waals surface area contributed by atoms with E-state index in [0.29, 0.717) is 78.4 Å². The number of nitrogens with zero attached hydrogens (tertiary/aromatic N) is 5. The van der Waals surface area contributed by atoms with Gasteiger partial charge in [0.25, 0.3) is 5.91 Å². The molecule has 0 bridgehead atoms. The monoisotopic (exact) mass is 549 g/mol. The molecular weight excluding hydrogens is 513 g/mol. The van der Waals surface area contributed by atoms with Crippen LogP contribution in [0.2, 0.25) is 0 Å². The summed E-state index contributed by atoms with van der Waals surface area (Å²) in [7, 11) is 4.12. The molecule has 1 aliphatic carbocycles. The van der Waals surface area contributed by atoms with Crippen LogP contribution in [0.3, 0.4) is 0 Å². The molecular formula is C30H36FN5O4. The maximum atomic E-state index is 14.9. The van der Waals surface area contributed by atoms with Crippen LogP contribution in [0.5, 0.6) is 11.8 Å². The molecule has 1 saturated carbocycles. The van der Waals surface area contributed by atoms with Crippen LogP contribution >= 0.6 is 0 Å². The van der Waals surface area contributed by atoms with Gasteiger partial charge < -0.3 is 29.3 Å². The normalized spacial score (nSPS) is 18.4. The minimum Gasteiger partial charge on any atom is -0.508 e. The van der Waals surface area contributed by atoms with Gasteiger partial charge in [-0.3, -0.25) is 4.79 Å². The molecule has 1 aromatic heterocycles. The van der Waals surface area contributed by atoms with Crippen molar-refractivity contribution in [2.24, 2.45) is 5.41 Å². The van der Waals surface area contributed by atoms with Gasteiger partial charge in [-0.2, -0.15) is 9.97 Å². The van der Waals surface area contributed by atoms with Crippen LogP contribution in [0.25, 0.3) is 10.8 Å². The number of carbonyl (C=O) groups is 1. The third kappa shape index (κ3) is 4.94. The number of hydrogen-bond donors (Lipinski definition) is 1. The van der Waals surface area contributed by atoms with Gasteiger partial charge in [-0.05, 0) is 62.9 Å². The van der Waals surface area contributed by atoms with Gasteiger partial charge in [-0.1, -0.05) is 13.0 Å². The van der Waals surface area contributed by atoms with E-state index in [2.05, 4.69) is 23.9 Å². The largest absolute Gasteiger partial charge is 0.508 e. The predicted molar refractivity (Wildman–Crippen MR) is 151 cm³/mol. The fraction of sp³-hybridized carbons (Fsp3) is 0.500. The van der Waals surface area contributed by atoms with Crippen LogP contribution in [-0.2, 0) is 17.7 Å². The van der Waals surface area contributed by atoms with Crippen LogP contribution in [-0.4, -0.2) is 79.4 Å². The topological polar surface area (TPSA) is 91.3 Å². The Kier molecular flexibility index (Phi) is 7.00. The molecule has 6 rings (SSSR count). The molecule has 1 saturated heterocycles. The smallest absolute Gasteiger partial charge is 0.318 e. The number of rotatable bonds is 8. The molecule has 2 aromatic carbocycles. The fourth-order valence-electron chi connectivity index (χ4n) is 6.06. The second kappa shape index (κ2) is 10.5. The molecule has 1 N–H and O–H groups in total. The minimum atomic E-state index is -0.335. The van der Waals surface area contributed by atoms with E-state index >= 15 is 0 Å². The van der Waals surface area contributed by atoms with Crippen LogP contribution in [0.1, 0.15) is 47.8 Å². The molecule has 2 fully saturated rings. The average Bonchev–Trinajstić information content (AvgIpc) is 3.67. The summed E-state index contributed by atoms with van der Waals surface area (Å²) in [5, 5.41) is 11.8. The summed E-state index contributed by atoms with van der Waals surface area (Å²) >= 11 is 0. The maximum Gasteiger partial charge on any atom is 0.318 e. The highest BCUT2D eigenvalue weighted by Gasteiger charge is 2.44. The Morgan fingerprint density at radius 2 is 2.00 bits per heavy atom. The molecule has 3 aliphatic rings. The summed E-state index contributed by atoms with van der Waals surface area (Å²) in [5.41, 5.74) is 2.07. The number of ether oxygens (including phenoxy) is 2. The van der Waals surface area contributed by atoms with Crippen LogP contribution in [0, 0.1) is 11.2 Å². The lowest BCUT2D eigenvalue weighted by atomic mass is 9.99. The summed E-state index contributed by atoms with van der Waals surface area (Å²) in [4.78, 5) is 29.5. The van der Waals surface area contributed by atoms with E-state index < -0.39 is 0 Å². The number of phenols is 1. The summed E-state index contributed by atoms with van der Waals surface area (Å²) in [6, 6.07) is 6.44. The summed E-state index contributed by atoms with van der Waals surface area (Å²) in [6.45, 7) is 5.98. The lowest BCUT2D eigenvalue weighted by Gasteiger charge is -2.24. The van der Waals surface area contributed by atoms with E-state index in [0.717, 1.165) is 25.8 Å². The summed E-state index contributed by atoms with van der Waals surface area (Å²) in [5.74, 6) is -0.0536. The summed E-state index contributed by atoms with van der Waals surface area (Å²) in [6.07, 6.45) is 3.45. The minimum absolute atomic E-state index is 0.00976. The number of benzene rings is 2. The first kappa shape index (κ1) is 26.7. The van der Waals surface area contributed by atoms with Crippen molar-refractivity contribution in [3.05, 3.63) is 46.9 Å². The zero-order valence-electron chi connectivity index (χ0n) is 23.4. The third-order valence-corrected chi connectivity index (χ3v) is 8.13. The van der Waals surface area contributed by atoms with Crippen molar-refractivity contribution in [2.75, 3.05) is 63.4 Å². The van der Waals surface area contributed by atoms with Gasteiger partial charge in [0.05, 0.1) is 31.1 Å². The van der Waals surface area contributed by atoms with Gasteiger partial charge in [-0.15, -0.1) is 0 Å². The number of carbonyl (C=O) groups excluding carboxylic acids is 1. The number of fused-ring (bicyclic) bond motifs is 2. The lowest BCUT2D eigenvalue weighted by Crippen LogP contribution is -2.31. The van der Waals surface area contributed by atoms with Gasteiger partial charge in [0.15, 0.2) is 0 Å². The maximum absolute atomic E-state index is 14.9. The highest BCUT2D eigenvalue weighted by Crippen LogP contribution is 2.46. The van der Waals surface area contributed by atoms with Crippen LogP contribution in [0.15, 0.2) is 24.3 Å². The molecule has 0 spiro atoms. The second-order valence-electron chi connectivity index (χ2n) is 11.5. The molecule has 0 atom stereocenters. The molecule has 10 heteroatoms. The van der Waals surface area contributed by atoms with Crippen molar-refractivity contribution in [1.29, 1.82) is 0 Å². The quantitative estimate of drug-likeness (QED) is 0.448. The fourth-order valence-corrected chi connectivity index (χ4v) is 6.06. The lowest BCUT2D eigenvalue weighted by molar-refractivity contribution is 0.0996. The Bertz CT molecular complexity index is 1450. The zero-order chi connectivity index (χ0) is 28.0. The first-order valence-corrected chi connectivity index (χ1v) is 14.1. The second-order valence-corrected chi connectivity index (χ2v) is 11.5. The van der Waals surface area contributed by atoms with Crippen molar-refractivity contribution in [3.63, 3.8) is 0 Å². The molecule has 2 aliphatic heterocycles. The highest BCUT2D eigenvalue weighted by molar-refractivity contribution is 6.16. The number of hydrogen-bond acceptors (Lipinski definition) is 8. The Morgan fingerprint density at radius 1 is 1.18 bits per heavy atom. The molecule has 40 heavy (non-hydrogen) atoms.